The van der Waals surface area contributed by atoms with Crippen molar-refractivity contribution >= 4 is 22.8 Å². The van der Waals surface area contributed by atoms with E-state index in [4.69, 9.17) is 11.6 Å². The molecule has 0 spiro atoms. The Balaban J connectivity index is 3.23. The van der Waals surface area contributed by atoms with Crippen molar-refractivity contribution in [3.63, 3.8) is 0 Å². The second kappa shape index (κ2) is 2.96. The molecule has 0 aliphatic carbocycles. The summed E-state index contributed by atoms with van der Waals surface area (Å²) in [5.41, 5.74) is -0.183. The predicted molar refractivity (Wildman–Crippen MR) is 56.2 cm³/mol. The van der Waals surface area contributed by atoms with Crippen LogP contribution < -0.4 is 11.2 Å². The fourth-order valence-electron chi connectivity index (χ4n) is 1.49. The van der Waals surface area contributed by atoms with E-state index in [9.17, 15) is 9.59 Å². The van der Waals surface area contributed by atoms with Crippen molar-refractivity contribution in [1.82, 2.24) is 18.7 Å². The zero-order valence-corrected chi connectivity index (χ0v) is 9.24. The van der Waals surface area contributed by atoms with Gasteiger partial charge < -0.3 is 4.57 Å². The SMILES string of the molecule is Cn1c(=O)c2c(nc(Cl)n2C)n(C)c1=O. The Morgan fingerprint density at radius 2 is 1.67 bits per heavy atom. The van der Waals surface area contributed by atoms with Gasteiger partial charge in [0.15, 0.2) is 11.2 Å². The van der Waals surface area contributed by atoms with Gasteiger partial charge in [0.2, 0.25) is 5.28 Å². The first-order valence-corrected chi connectivity index (χ1v) is 4.61. The molecule has 0 radical (unpaired) electrons. The average molecular weight is 229 g/mol. The van der Waals surface area contributed by atoms with Crippen LogP contribution in [0.15, 0.2) is 9.59 Å². The topological polar surface area (TPSA) is 61.8 Å². The molecule has 0 fully saturated rings. The van der Waals surface area contributed by atoms with Crippen LogP contribution in [0.25, 0.3) is 11.2 Å². The zero-order valence-electron chi connectivity index (χ0n) is 8.48. The summed E-state index contributed by atoms with van der Waals surface area (Å²) in [4.78, 5) is 27.3. The second-order valence-corrected chi connectivity index (χ2v) is 3.66. The molecule has 0 aromatic carbocycles. The molecule has 2 heterocycles. The van der Waals surface area contributed by atoms with Gasteiger partial charge in [-0.3, -0.25) is 13.9 Å². The number of aromatic nitrogens is 4. The number of nitrogens with zero attached hydrogens (tertiary/aromatic N) is 4. The average Bonchev–Trinajstić information content (AvgIpc) is 2.50. The molecule has 0 saturated heterocycles. The van der Waals surface area contributed by atoms with E-state index in [-0.39, 0.29) is 5.28 Å². The highest BCUT2D eigenvalue weighted by Crippen LogP contribution is 2.12. The van der Waals surface area contributed by atoms with E-state index < -0.39 is 11.2 Å². The zero-order chi connectivity index (χ0) is 11.3. The van der Waals surface area contributed by atoms with Crippen molar-refractivity contribution in [2.24, 2.45) is 21.1 Å². The summed E-state index contributed by atoms with van der Waals surface area (Å²) < 4.78 is 3.78. The van der Waals surface area contributed by atoms with Crippen LogP contribution in [0.4, 0.5) is 0 Å². The van der Waals surface area contributed by atoms with E-state index in [0.717, 1.165) is 4.57 Å². The third-order valence-corrected chi connectivity index (χ3v) is 2.76. The van der Waals surface area contributed by atoms with Crippen molar-refractivity contribution in [3.05, 3.63) is 26.1 Å². The lowest BCUT2D eigenvalue weighted by molar-refractivity contribution is 0.705. The molecule has 0 unspecified atom stereocenters. The van der Waals surface area contributed by atoms with Gasteiger partial charge >= 0.3 is 5.69 Å². The molecular weight excluding hydrogens is 220 g/mol. The monoisotopic (exact) mass is 228 g/mol. The van der Waals surface area contributed by atoms with Crippen molar-refractivity contribution in [1.29, 1.82) is 0 Å². The molecule has 0 amide bonds. The van der Waals surface area contributed by atoms with Crippen LogP contribution in [0.2, 0.25) is 5.28 Å². The molecule has 0 N–H and O–H groups in total. The maximum atomic E-state index is 11.8. The van der Waals surface area contributed by atoms with Gasteiger partial charge in [-0.2, -0.15) is 4.98 Å². The van der Waals surface area contributed by atoms with Crippen LogP contribution in [0.3, 0.4) is 0 Å². The lowest BCUT2D eigenvalue weighted by atomic mass is 10.5. The molecule has 2 aromatic rings. The summed E-state index contributed by atoms with van der Waals surface area (Å²) in [5.74, 6) is 0. The molecule has 0 atom stereocenters. The number of hydrogen-bond donors (Lipinski definition) is 0. The number of hydrogen-bond acceptors (Lipinski definition) is 3. The standard InChI is InChI=1S/C8H9ClN4O2/c1-11-4-5(10-7(11)9)12(2)8(15)13(3)6(4)14/h1-3H3. The first-order chi connectivity index (χ1) is 6.95. The van der Waals surface area contributed by atoms with E-state index in [1.165, 1.54) is 16.2 Å². The maximum Gasteiger partial charge on any atom is 0.332 e. The van der Waals surface area contributed by atoms with Gasteiger partial charge in [0, 0.05) is 21.1 Å². The molecule has 6 nitrogen and oxygen atoms in total. The molecule has 0 aliphatic heterocycles. The van der Waals surface area contributed by atoms with Crippen LogP contribution in [-0.4, -0.2) is 18.7 Å². The quantitative estimate of drug-likeness (QED) is 0.578. The minimum absolute atomic E-state index is 0.184. The Hall–Kier alpha value is -1.56. The van der Waals surface area contributed by atoms with E-state index in [0.29, 0.717) is 11.2 Å². The molecule has 2 rings (SSSR count). The van der Waals surface area contributed by atoms with Crippen molar-refractivity contribution in [2.45, 2.75) is 0 Å². The summed E-state index contributed by atoms with van der Waals surface area (Å²) in [5, 5.41) is 0.184. The molecular formula is C8H9ClN4O2. The highest BCUT2D eigenvalue weighted by atomic mass is 35.5. The summed E-state index contributed by atoms with van der Waals surface area (Å²) in [6.07, 6.45) is 0. The van der Waals surface area contributed by atoms with Crippen LogP contribution in [-0.2, 0) is 21.1 Å². The van der Waals surface area contributed by atoms with Gasteiger partial charge in [-0.15, -0.1) is 0 Å². The minimum atomic E-state index is -0.415. The molecule has 0 aliphatic rings. The predicted octanol–water partition coefficient (Wildman–Crippen LogP) is -0.376. The highest BCUT2D eigenvalue weighted by molar-refractivity contribution is 6.29. The van der Waals surface area contributed by atoms with Gasteiger partial charge in [0.05, 0.1) is 0 Å². The van der Waals surface area contributed by atoms with Crippen LogP contribution in [0.1, 0.15) is 0 Å². The summed E-state index contributed by atoms with van der Waals surface area (Å²) >= 11 is 5.79. The fraction of sp³-hybridized carbons (Fsp3) is 0.375. The van der Waals surface area contributed by atoms with Crippen molar-refractivity contribution in [2.75, 3.05) is 0 Å². The Morgan fingerprint density at radius 3 is 2.27 bits per heavy atom. The van der Waals surface area contributed by atoms with E-state index in [1.54, 1.807) is 14.1 Å². The second-order valence-electron chi connectivity index (χ2n) is 3.32. The van der Waals surface area contributed by atoms with Gasteiger partial charge in [0.1, 0.15) is 0 Å². The number of fused-ring (bicyclic) bond motifs is 1. The Kier molecular flexibility index (Phi) is 1.97. The third kappa shape index (κ3) is 1.14. The first-order valence-electron chi connectivity index (χ1n) is 4.23. The smallest absolute Gasteiger partial charge is 0.312 e. The normalized spacial score (nSPS) is 11.2. The lowest BCUT2D eigenvalue weighted by Crippen LogP contribution is -2.37. The highest BCUT2D eigenvalue weighted by Gasteiger charge is 2.15. The number of aryl methyl sites for hydroxylation is 2. The van der Waals surface area contributed by atoms with E-state index in [2.05, 4.69) is 4.98 Å². The molecule has 2 aromatic heterocycles. The van der Waals surface area contributed by atoms with E-state index >= 15 is 0 Å². The Labute approximate surface area is 89.3 Å². The summed E-state index contributed by atoms with van der Waals surface area (Å²) in [6.45, 7) is 0. The number of imidazole rings is 1. The molecule has 15 heavy (non-hydrogen) atoms. The number of rotatable bonds is 0. The van der Waals surface area contributed by atoms with Crippen LogP contribution >= 0.6 is 11.6 Å². The molecule has 0 bridgehead atoms. The van der Waals surface area contributed by atoms with Gasteiger partial charge in [-0.05, 0) is 11.6 Å². The molecule has 80 valence electrons. The molecule has 0 saturated carbocycles. The van der Waals surface area contributed by atoms with Gasteiger partial charge in [-0.1, -0.05) is 0 Å². The number of halogens is 1. The first kappa shape index (κ1) is 9.97. The van der Waals surface area contributed by atoms with Gasteiger partial charge in [-0.25, -0.2) is 4.79 Å². The summed E-state index contributed by atoms with van der Waals surface area (Å²) in [7, 11) is 4.60. The Morgan fingerprint density at radius 1 is 1.07 bits per heavy atom. The van der Waals surface area contributed by atoms with Crippen molar-refractivity contribution in [3.8, 4) is 0 Å². The van der Waals surface area contributed by atoms with E-state index in [1.807, 2.05) is 0 Å². The van der Waals surface area contributed by atoms with Crippen LogP contribution in [0, 0.1) is 0 Å². The lowest BCUT2D eigenvalue weighted by Gasteiger charge is -2.02. The van der Waals surface area contributed by atoms with Gasteiger partial charge in [0.25, 0.3) is 5.56 Å². The minimum Gasteiger partial charge on any atom is -0.312 e. The maximum absolute atomic E-state index is 11.8. The summed E-state index contributed by atoms with van der Waals surface area (Å²) in [6, 6.07) is 0. The van der Waals surface area contributed by atoms with Crippen molar-refractivity contribution < 1.29 is 0 Å². The third-order valence-electron chi connectivity index (χ3n) is 2.42. The van der Waals surface area contributed by atoms with Crippen LogP contribution in [0.5, 0.6) is 0 Å². The largest absolute Gasteiger partial charge is 0.332 e. The fourth-order valence-corrected chi connectivity index (χ4v) is 1.66. The Bertz CT molecular complexity index is 664. The molecule has 7 heteroatoms.